The molecule has 6 N–H and O–H groups in total. The molecule has 0 atom stereocenters. The monoisotopic (exact) mass is 516 g/mol. The first-order valence-electron chi connectivity index (χ1n) is 13.1. The van der Waals surface area contributed by atoms with Gasteiger partial charge in [0.1, 0.15) is 23.9 Å². The van der Waals surface area contributed by atoms with Crippen molar-refractivity contribution < 1.29 is 19.0 Å². The molecule has 1 aliphatic rings. The van der Waals surface area contributed by atoms with Crippen LogP contribution in [0.1, 0.15) is 59.7 Å². The molecule has 0 aliphatic heterocycles. The standard InChI is InChI=1S/C30H36N4O4/c1-2-36-29(33)22-6-12-26(13-7-22)38-28-16-23(30(35)34-25-10-8-24(32)9-11-25)15-27(17-28)37-19-21-5-3-4-20(14-21)18-31/h3-7,12-17,24-25,33H,2,8-11,18-19,31-32H2,1H3,(H,34,35). The molecule has 0 radical (unpaired) electrons. The van der Waals surface area contributed by atoms with Crippen molar-refractivity contribution >= 4 is 11.8 Å². The van der Waals surface area contributed by atoms with Gasteiger partial charge in [0.25, 0.3) is 5.91 Å². The van der Waals surface area contributed by atoms with E-state index in [4.69, 9.17) is 31.1 Å². The summed E-state index contributed by atoms with van der Waals surface area (Å²) in [7, 11) is 0. The Hall–Kier alpha value is -3.88. The zero-order valence-electron chi connectivity index (χ0n) is 21.7. The van der Waals surface area contributed by atoms with Crippen LogP contribution in [0.3, 0.4) is 0 Å². The predicted molar refractivity (Wildman–Crippen MR) is 148 cm³/mol. The quantitative estimate of drug-likeness (QED) is 0.224. The summed E-state index contributed by atoms with van der Waals surface area (Å²) in [6.45, 7) is 3.05. The van der Waals surface area contributed by atoms with Gasteiger partial charge in [-0.1, -0.05) is 24.3 Å². The summed E-state index contributed by atoms with van der Waals surface area (Å²) in [6.07, 6.45) is 3.54. The fourth-order valence-electron chi connectivity index (χ4n) is 4.43. The van der Waals surface area contributed by atoms with E-state index in [0.29, 0.717) is 48.1 Å². The third-order valence-corrected chi connectivity index (χ3v) is 6.52. The molecule has 3 aromatic rings. The summed E-state index contributed by atoms with van der Waals surface area (Å²) in [5.41, 5.74) is 14.9. The molecule has 8 heteroatoms. The summed E-state index contributed by atoms with van der Waals surface area (Å²) in [6, 6.07) is 20.5. The predicted octanol–water partition coefficient (Wildman–Crippen LogP) is 4.88. The molecule has 0 bridgehead atoms. The first-order valence-corrected chi connectivity index (χ1v) is 13.1. The first kappa shape index (κ1) is 27.2. The SMILES string of the molecule is CCOC(=N)c1ccc(Oc2cc(OCc3cccc(CN)c3)cc(C(=O)NC3CCC(N)CC3)c2)cc1. The molecular formula is C30H36N4O4. The van der Waals surface area contributed by atoms with Crippen LogP contribution in [0, 0.1) is 5.41 Å². The number of nitrogens with one attached hydrogen (secondary N) is 2. The minimum absolute atomic E-state index is 0.100. The van der Waals surface area contributed by atoms with Gasteiger partial charge in [-0.3, -0.25) is 10.2 Å². The average molecular weight is 517 g/mol. The maximum atomic E-state index is 13.2. The lowest BCUT2D eigenvalue weighted by atomic mass is 9.91. The Labute approximate surface area is 223 Å². The van der Waals surface area contributed by atoms with Crippen molar-refractivity contribution in [1.29, 1.82) is 5.41 Å². The summed E-state index contributed by atoms with van der Waals surface area (Å²) in [5.74, 6) is 1.49. The molecule has 0 spiro atoms. The number of ether oxygens (including phenoxy) is 3. The van der Waals surface area contributed by atoms with Crippen molar-refractivity contribution in [2.75, 3.05) is 6.61 Å². The lowest BCUT2D eigenvalue weighted by molar-refractivity contribution is 0.0925. The maximum Gasteiger partial charge on any atom is 0.251 e. The van der Waals surface area contributed by atoms with Crippen LogP contribution >= 0.6 is 0 Å². The number of nitrogens with two attached hydrogens (primary N) is 2. The molecule has 0 unspecified atom stereocenters. The molecule has 0 heterocycles. The topological polar surface area (TPSA) is 133 Å². The fraction of sp³-hybridized carbons (Fsp3) is 0.333. The van der Waals surface area contributed by atoms with Gasteiger partial charge >= 0.3 is 0 Å². The highest BCUT2D eigenvalue weighted by Gasteiger charge is 2.21. The molecule has 1 fully saturated rings. The van der Waals surface area contributed by atoms with Crippen molar-refractivity contribution in [2.24, 2.45) is 11.5 Å². The molecule has 200 valence electrons. The van der Waals surface area contributed by atoms with Crippen molar-refractivity contribution in [3.05, 3.63) is 89.0 Å². The van der Waals surface area contributed by atoms with Gasteiger partial charge in [-0.15, -0.1) is 0 Å². The Morgan fingerprint density at radius 3 is 2.34 bits per heavy atom. The zero-order chi connectivity index (χ0) is 26.9. The minimum Gasteiger partial charge on any atom is -0.489 e. The van der Waals surface area contributed by atoms with Gasteiger partial charge in [0.05, 0.1) is 6.61 Å². The molecular weight excluding hydrogens is 480 g/mol. The first-order chi connectivity index (χ1) is 18.4. The second-order valence-corrected chi connectivity index (χ2v) is 9.48. The van der Waals surface area contributed by atoms with E-state index in [-0.39, 0.29) is 23.9 Å². The van der Waals surface area contributed by atoms with E-state index < -0.39 is 0 Å². The van der Waals surface area contributed by atoms with Crippen LogP contribution in [0.15, 0.2) is 66.7 Å². The second kappa shape index (κ2) is 13.1. The van der Waals surface area contributed by atoms with Gasteiger partial charge in [0.15, 0.2) is 0 Å². The van der Waals surface area contributed by atoms with Crippen LogP contribution in [0.4, 0.5) is 0 Å². The lowest BCUT2D eigenvalue weighted by Crippen LogP contribution is -2.40. The molecule has 0 saturated heterocycles. The summed E-state index contributed by atoms with van der Waals surface area (Å²) < 4.78 is 17.4. The van der Waals surface area contributed by atoms with Gasteiger partial charge in [-0.25, -0.2) is 0 Å². The van der Waals surface area contributed by atoms with Crippen LogP contribution in [0.25, 0.3) is 0 Å². The summed E-state index contributed by atoms with van der Waals surface area (Å²) in [5, 5.41) is 11.1. The second-order valence-electron chi connectivity index (χ2n) is 9.48. The van der Waals surface area contributed by atoms with Crippen molar-refractivity contribution in [3.63, 3.8) is 0 Å². The third-order valence-electron chi connectivity index (χ3n) is 6.52. The van der Waals surface area contributed by atoms with E-state index in [1.807, 2.05) is 31.2 Å². The van der Waals surface area contributed by atoms with Crippen LogP contribution in [0.5, 0.6) is 17.2 Å². The smallest absolute Gasteiger partial charge is 0.251 e. The van der Waals surface area contributed by atoms with Gasteiger partial charge in [-0.2, -0.15) is 0 Å². The van der Waals surface area contributed by atoms with Crippen molar-refractivity contribution in [1.82, 2.24) is 5.32 Å². The Morgan fingerprint density at radius 2 is 1.63 bits per heavy atom. The van der Waals surface area contributed by atoms with E-state index in [2.05, 4.69) is 5.32 Å². The molecule has 0 aromatic heterocycles. The Kier molecular flexibility index (Phi) is 9.35. The van der Waals surface area contributed by atoms with E-state index in [1.54, 1.807) is 42.5 Å². The average Bonchev–Trinajstić information content (AvgIpc) is 2.93. The normalized spacial score (nSPS) is 16.9. The Balaban J connectivity index is 1.53. The third kappa shape index (κ3) is 7.57. The number of carbonyl (C=O) groups is 1. The summed E-state index contributed by atoms with van der Waals surface area (Å²) in [4.78, 5) is 13.2. The van der Waals surface area contributed by atoms with E-state index in [0.717, 1.165) is 36.8 Å². The minimum atomic E-state index is -0.175. The summed E-state index contributed by atoms with van der Waals surface area (Å²) >= 11 is 0. The van der Waals surface area contributed by atoms with E-state index >= 15 is 0 Å². The van der Waals surface area contributed by atoms with Crippen molar-refractivity contribution in [2.45, 2.75) is 57.8 Å². The molecule has 1 amide bonds. The molecule has 1 saturated carbocycles. The largest absolute Gasteiger partial charge is 0.489 e. The van der Waals surface area contributed by atoms with Crippen LogP contribution < -0.4 is 26.3 Å². The number of carbonyl (C=O) groups excluding carboxylic acids is 1. The zero-order valence-corrected chi connectivity index (χ0v) is 21.7. The Morgan fingerprint density at radius 1 is 0.921 bits per heavy atom. The fourth-order valence-corrected chi connectivity index (χ4v) is 4.43. The van der Waals surface area contributed by atoms with Gasteiger partial charge in [0, 0.05) is 35.8 Å². The highest BCUT2D eigenvalue weighted by atomic mass is 16.5. The van der Waals surface area contributed by atoms with Gasteiger partial charge in [0.2, 0.25) is 5.90 Å². The number of rotatable bonds is 10. The molecule has 1 aliphatic carbocycles. The molecule has 8 nitrogen and oxygen atoms in total. The molecule has 38 heavy (non-hydrogen) atoms. The van der Waals surface area contributed by atoms with Gasteiger partial charge in [-0.05, 0) is 80.1 Å². The van der Waals surface area contributed by atoms with Crippen molar-refractivity contribution in [3.8, 4) is 17.2 Å². The maximum absolute atomic E-state index is 13.2. The Bertz CT molecular complexity index is 1240. The molecule has 4 rings (SSSR count). The number of benzene rings is 3. The molecule has 3 aromatic carbocycles. The van der Waals surface area contributed by atoms with E-state index in [1.165, 1.54) is 0 Å². The highest BCUT2D eigenvalue weighted by Crippen LogP contribution is 2.29. The van der Waals surface area contributed by atoms with E-state index in [9.17, 15) is 4.79 Å². The van der Waals surface area contributed by atoms with Gasteiger partial charge < -0.3 is 31.0 Å². The lowest BCUT2D eigenvalue weighted by Gasteiger charge is -2.26. The van der Waals surface area contributed by atoms with Crippen LogP contribution in [0.2, 0.25) is 0 Å². The number of hydrogen-bond donors (Lipinski definition) is 4. The highest BCUT2D eigenvalue weighted by molar-refractivity contribution is 5.95. The van der Waals surface area contributed by atoms with Crippen LogP contribution in [-0.2, 0) is 17.9 Å². The number of hydrogen-bond acceptors (Lipinski definition) is 7. The number of amides is 1. The van der Waals surface area contributed by atoms with Crippen LogP contribution in [-0.4, -0.2) is 30.5 Å².